The van der Waals surface area contributed by atoms with E-state index >= 15 is 0 Å². The van der Waals surface area contributed by atoms with E-state index < -0.39 is 27.9 Å². The Morgan fingerprint density at radius 3 is 2.63 bits per heavy atom. The molecule has 1 aromatic heterocycles. The van der Waals surface area contributed by atoms with Crippen LogP contribution in [-0.2, 0) is 16.2 Å². The van der Waals surface area contributed by atoms with Crippen molar-refractivity contribution in [2.75, 3.05) is 13.1 Å². The van der Waals surface area contributed by atoms with Crippen LogP contribution in [0.15, 0.2) is 41.4 Å². The number of ether oxygens (including phenoxy) is 1. The van der Waals surface area contributed by atoms with Crippen LogP contribution >= 0.6 is 23.2 Å². The van der Waals surface area contributed by atoms with Gasteiger partial charge in [-0.05, 0) is 30.7 Å². The van der Waals surface area contributed by atoms with Gasteiger partial charge in [0.15, 0.2) is 0 Å². The number of hydrogen-bond donors (Lipinski definition) is 0. The first-order chi connectivity index (χ1) is 12.6. The predicted molar refractivity (Wildman–Crippen MR) is 93.5 cm³/mol. The summed E-state index contributed by atoms with van der Waals surface area (Å²) in [6.07, 6.45) is -3.85. The Bertz CT molecular complexity index is 954. The molecule has 1 aliphatic heterocycles. The fourth-order valence-corrected chi connectivity index (χ4v) is 4.87. The number of rotatable bonds is 4. The first-order valence-electron chi connectivity index (χ1n) is 7.72. The van der Waals surface area contributed by atoms with Crippen molar-refractivity contribution >= 4 is 33.2 Å². The topological polar surface area (TPSA) is 59.5 Å². The number of nitrogens with zero attached hydrogens (tertiary/aromatic N) is 2. The minimum Gasteiger partial charge on any atom is -0.473 e. The van der Waals surface area contributed by atoms with Crippen molar-refractivity contribution < 1.29 is 26.3 Å². The largest absolute Gasteiger partial charge is 0.473 e. The molecule has 0 spiro atoms. The van der Waals surface area contributed by atoms with Crippen molar-refractivity contribution in [2.24, 2.45) is 0 Å². The molecule has 0 saturated carbocycles. The molecule has 1 aliphatic rings. The summed E-state index contributed by atoms with van der Waals surface area (Å²) in [5.74, 6) is -0.213. The van der Waals surface area contributed by atoms with Crippen LogP contribution in [0.4, 0.5) is 13.2 Å². The second-order valence-electron chi connectivity index (χ2n) is 5.85. The first-order valence-corrected chi connectivity index (χ1v) is 9.92. The monoisotopic (exact) mass is 440 g/mol. The van der Waals surface area contributed by atoms with Gasteiger partial charge in [-0.25, -0.2) is 13.4 Å². The molecule has 0 amide bonds. The minimum absolute atomic E-state index is 0.0308. The van der Waals surface area contributed by atoms with Crippen LogP contribution in [-0.4, -0.2) is 36.9 Å². The van der Waals surface area contributed by atoms with Crippen LogP contribution < -0.4 is 4.74 Å². The highest BCUT2D eigenvalue weighted by Gasteiger charge is 2.36. The van der Waals surface area contributed by atoms with Crippen LogP contribution in [0, 0.1) is 0 Å². The molecule has 2 heterocycles. The molecule has 0 aliphatic carbocycles. The average Bonchev–Trinajstić information content (AvgIpc) is 3.06. The molecule has 2 aromatic rings. The highest BCUT2D eigenvalue weighted by molar-refractivity contribution is 7.89. The highest BCUT2D eigenvalue weighted by Crippen LogP contribution is 2.32. The smallest absolute Gasteiger partial charge is 0.416 e. The number of halogens is 5. The molecule has 0 N–H and O–H groups in total. The Balaban J connectivity index is 1.75. The summed E-state index contributed by atoms with van der Waals surface area (Å²) in [5, 5.41) is 0.251. The molecule has 146 valence electrons. The standard InChI is InChI=1S/C16H13Cl2F3N2O3S/c17-11-1-2-13(18)14(8-11)27(24,25)23-6-4-12(9-23)26-15-7-10(3-5-22-15)16(19,20)21/h1-3,5,7-8,12H,4,6,9H2. The van der Waals surface area contributed by atoms with Crippen LogP contribution in [0.1, 0.15) is 12.0 Å². The van der Waals surface area contributed by atoms with Crippen LogP contribution in [0.25, 0.3) is 0 Å². The van der Waals surface area contributed by atoms with Crippen LogP contribution in [0.3, 0.4) is 0 Å². The average molecular weight is 441 g/mol. The molecule has 1 atom stereocenters. The maximum Gasteiger partial charge on any atom is 0.416 e. The molecule has 1 saturated heterocycles. The minimum atomic E-state index is -4.52. The van der Waals surface area contributed by atoms with Gasteiger partial charge in [0.05, 0.1) is 17.1 Å². The van der Waals surface area contributed by atoms with Crippen LogP contribution in [0.2, 0.25) is 10.0 Å². The fourth-order valence-electron chi connectivity index (χ4n) is 2.65. The lowest BCUT2D eigenvalue weighted by atomic mass is 10.2. The van der Waals surface area contributed by atoms with Crippen molar-refractivity contribution in [3.63, 3.8) is 0 Å². The van der Waals surface area contributed by atoms with E-state index in [0.717, 1.165) is 22.6 Å². The van der Waals surface area contributed by atoms with Crippen molar-refractivity contribution in [3.8, 4) is 5.88 Å². The summed E-state index contributed by atoms with van der Waals surface area (Å²) in [7, 11) is -3.91. The van der Waals surface area contributed by atoms with E-state index in [0.29, 0.717) is 6.42 Å². The second-order valence-corrected chi connectivity index (χ2v) is 8.60. The molecule has 1 aromatic carbocycles. The Labute approximate surface area is 163 Å². The van der Waals surface area contributed by atoms with Gasteiger partial charge >= 0.3 is 6.18 Å². The zero-order chi connectivity index (χ0) is 19.8. The number of benzene rings is 1. The van der Waals surface area contributed by atoms with Crippen molar-refractivity contribution in [1.82, 2.24) is 9.29 Å². The van der Waals surface area contributed by atoms with E-state index in [1.165, 1.54) is 18.2 Å². The van der Waals surface area contributed by atoms with Gasteiger partial charge in [0.1, 0.15) is 11.0 Å². The Kier molecular flexibility index (Phi) is 5.58. The molecule has 0 radical (unpaired) electrons. The normalized spacial score (nSPS) is 18.6. The molecule has 0 bridgehead atoms. The van der Waals surface area contributed by atoms with Crippen LogP contribution in [0.5, 0.6) is 5.88 Å². The van der Waals surface area contributed by atoms with Crippen molar-refractivity contribution in [3.05, 3.63) is 52.1 Å². The summed E-state index contributed by atoms with van der Waals surface area (Å²) < 4.78 is 70.4. The third kappa shape index (κ3) is 4.48. The number of sulfonamides is 1. The zero-order valence-corrected chi connectivity index (χ0v) is 15.9. The van der Waals surface area contributed by atoms with Crippen molar-refractivity contribution in [2.45, 2.75) is 23.6 Å². The molecule has 3 rings (SSSR count). The van der Waals surface area contributed by atoms with Gasteiger partial charge in [0, 0.05) is 23.8 Å². The molecular weight excluding hydrogens is 428 g/mol. The van der Waals surface area contributed by atoms with E-state index in [9.17, 15) is 21.6 Å². The molecule has 1 unspecified atom stereocenters. The summed E-state index contributed by atoms with van der Waals surface area (Å²) in [6.45, 7) is 0.0951. The molecule has 5 nitrogen and oxygen atoms in total. The lowest BCUT2D eigenvalue weighted by Gasteiger charge is -2.18. The van der Waals surface area contributed by atoms with Gasteiger partial charge < -0.3 is 4.74 Å². The van der Waals surface area contributed by atoms with E-state index in [2.05, 4.69) is 4.98 Å². The van der Waals surface area contributed by atoms with Gasteiger partial charge in [0.2, 0.25) is 15.9 Å². The lowest BCUT2D eigenvalue weighted by molar-refractivity contribution is -0.137. The van der Waals surface area contributed by atoms with Gasteiger partial charge in [-0.2, -0.15) is 17.5 Å². The maximum atomic E-state index is 12.8. The predicted octanol–water partition coefficient (Wildman–Crippen LogP) is 4.25. The highest BCUT2D eigenvalue weighted by atomic mass is 35.5. The van der Waals surface area contributed by atoms with E-state index in [1.54, 1.807) is 0 Å². The number of hydrogen-bond acceptors (Lipinski definition) is 4. The summed E-state index contributed by atoms with van der Waals surface area (Å²) in [6, 6.07) is 5.72. The quantitative estimate of drug-likeness (QED) is 0.712. The molecule has 27 heavy (non-hydrogen) atoms. The SMILES string of the molecule is O=S(=O)(c1cc(Cl)ccc1Cl)N1CCC(Oc2cc(C(F)(F)F)ccn2)C1. The Morgan fingerprint density at radius 1 is 1.19 bits per heavy atom. The number of aromatic nitrogens is 1. The summed E-state index contributed by atoms with van der Waals surface area (Å²) >= 11 is 11.8. The number of alkyl halides is 3. The number of pyridine rings is 1. The van der Waals surface area contributed by atoms with E-state index in [1.807, 2.05) is 0 Å². The molecule has 11 heteroatoms. The Hall–Kier alpha value is -1.55. The third-order valence-corrected chi connectivity index (χ3v) is 6.55. The third-order valence-electron chi connectivity index (χ3n) is 3.97. The van der Waals surface area contributed by atoms with Gasteiger partial charge in [-0.15, -0.1) is 0 Å². The summed E-state index contributed by atoms with van der Waals surface area (Å²) in [4.78, 5) is 3.63. The summed E-state index contributed by atoms with van der Waals surface area (Å²) in [5.41, 5.74) is -0.888. The van der Waals surface area contributed by atoms with Crippen molar-refractivity contribution in [1.29, 1.82) is 0 Å². The first kappa shape index (κ1) is 20.2. The van der Waals surface area contributed by atoms with E-state index in [-0.39, 0.29) is 33.9 Å². The zero-order valence-electron chi connectivity index (χ0n) is 13.6. The maximum absolute atomic E-state index is 12.8. The molecule has 1 fully saturated rings. The van der Waals surface area contributed by atoms with Gasteiger partial charge in [-0.1, -0.05) is 23.2 Å². The Morgan fingerprint density at radius 2 is 1.93 bits per heavy atom. The van der Waals surface area contributed by atoms with Gasteiger partial charge in [-0.3, -0.25) is 0 Å². The van der Waals surface area contributed by atoms with E-state index in [4.69, 9.17) is 27.9 Å². The fraction of sp³-hybridized carbons (Fsp3) is 0.312. The second kappa shape index (κ2) is 7.46. The lowest BCUT2D eigenvalue weighted by Crippen LogP contribution is -2.31. The molecular formula is C16H13Cl2F3N2O3S. The van der Waals surface area contributed by atoms with Gasteiger partial charge in [0.25, 0.3) is 0 Å².